The number of rotatable bonds is 3. The zero-order chi connectivity index (χ0) is 12.4. The molecule has 1 heterocycles. The highest BCUT2D eigenvalue weighted by Crippen LogP contribution is 2.26. The summed E-state index contributed by atoms with van der Waals surface area (Å²) >= 11 is 12.0. The number of carboxylic acid groups (broad SMARTS) is 1. The van der Waals surface area contributed by atoms with Gasteiger partial charge < -0.3 is 10.1 Å². The zero-order valence-corrected chi connectivity index (χ0v) is 10.1. The van der Waals surface area contributed by atoms with Crippen LogP contribution in [-0.2, 0) is 6.42 Å². The Labute approximate surface area is 107 Å². The monoisotopic (exact) mass is 270 g/mol. The first-order chi connectivity index (χ1) is 8.08. The summed E-state index contributed by atoms with van der Waals surface area (Å²) in [4.78, 5) is 17.3. The van der Waals surface area contributed by atoms with E-state index in [-0.39, 0.29) is 5.69 Å². The van der Waals surface area contributed by atoms with Gasteiger partial charge in [-0.25, -0.2) is 9.78 Å². The van der Waals surface area contributed by atoms with E-state index < -0.39 is 5.97 Å². The summed E-state index contributed by atoms with van der Waals surface area (Å²) in [6.07, 6.45) is 1.63. The number of aromatic carboxylic acids is 1. The van der Waals surface area contributed by atoms with Crippen molar-refractivity contribution >= 4 is 29.2 Å². The van der Waals surface area contributed by atoms with Gasteiger partial charge in [0.2, 0.25) is 0 Å². The van der Waals surface area contributed by atoms with E-state index >= 15 is 0 Å². The second-order valence-corrected chi connectivity index (χ2v) is 4.24. The minimum Gasteiger partial charge on any atom is -0.477 e. The van der Waals surface area contributed by atoms with Gasteiger partial charge in [0.1, 0.15) is 11.5 Å². The largest absolute Gasteiger partial charge is 0.477 e. The van der Waals surface area contributed by atoms with Crippen LogP contribution in [0.1, 0.15) is 21.9 Å². The Bertz CT molecular complexity index is 546. The molecule has 0 amide bonds. The van der Waals surface area contributed by atoms with Gasteiger partial charge in [0.25, 0.3) is 0 Å². The van der Waals surface area contributed by atoms with Gasteiger partial charge in [-0.3, -0.25) is 0 Å². The lowest BCUT2D eigenvalue weighted by Crippen LogP contribution is -1.97. The maximum absolute atomic E-state index is 10.7. The Morgan fingerprint density at radius 2 is 2.00 bits per heavy atom. The van der Waals surface area contributed by atoms with Crippen LogP contribution in [0.3, 0.4) is 0 Å². The first-order valence-corrected chi connectivity index (χ1v) is 5.53. The molecule has 6 heteroatoms. The summed E-state index contributed by atoms with van der Waals surface area (Å²) in [5, 5.41) is 9.82. The molecule has 0 aliphatic carbocycles. The number of carboxylic acids is 1. The predicted molar refractivity (Wildman–Crippen MR) is 64.8 cm³/mol. The highest BCUT2D eigenvalue weighted by Gasteiger charge is 2.11. The first kappa shape index (κ1) is 12.0. The van der Waals surface area contributed by atoms with Crippen molar-refractivity contribution < 1.29 is 9.90 Å². The average molecular weight is 271 g/mol. The molecule has 0 aliphatic rings. The fourth-order valence-corrected chi connectivity index (χ4v) is 1.96. The third-order valence-electron chi connectivity index (χ3n) is 2.26. The zero-order valence-electron chi connectivity index (χ0n) is 8.58. The SMILES string of the molecule is O=C(O)c1cnc(Cc2c(Cl)cccc2Cl)[nH]1. The summed E-state index contributed by atoms with van der Waals surface area (Å²) in [6, 6.07) is 5.20. The number of hydrogen-bond donors (Lipinski definition) is 2. The van der Waals surface area contributed by atoms with Crippen LogP contribution in [0.5, 0.6) is 0 Å². The molecule has 0 spiro atoms. The van der Waals surface area contributed by atoms with Crippen LogP contribution in [-0.4, -0.2) is 21.0 Å². The first-order valence-electron chi connectivity index (χ1n) is 4.78. The molecule has 17 heavy (non-hydrogen) atoms. The number of carbonyl (C=O) groups is 1. The van der Waals surface area contributed by atoms with E-state index in [4.69, 9.17) is 28.3 Å². The van der Waals surface area contributed by atoms with E-state index in [9.17, 15) is 4.79 Å². The molecule has 0 saturated carbocycles. The van der Waals surface area contributed by atoms with Crippen molar-refractivity contribution in [1.29, 1.82) is 0 Å². The van der Waals surface area contributed by atoms with E-state index in [1.54, 1.807) is 18.2 Å². The molecule has 0 fully saturated rings. The molecular formula is C11H8Cl2N2O2. The Kier molecular flexibility index (Phi) is 3.36. The normalized spacial score (nSPS) is 10.5. The van der Waals surface area contributed by atoms with Gasteiger partial charge in [-0.05, 0) is 17.7 Å². The van der Waals surface area contributed by atoms with E-state index in [0.29, 0.717) is 22.3 Å². The van der Waals surface area contributed by atoms with Crippen molar-refractivity contribution in [2.24, 2.45) is 0 Å². The number of nitrogens with zero attached hydrogens (tertiary/aromatic N) is 1. The summed E-state index contributed by atoms with van der Waals surface area (Å²) in [7, 11) is 0. The van der Waals surface area contributed by atoms with Gasteiger partial charge in [-0.2, -0.15) is 0 Å². The lowest BCUT2D eigenvalue weighted by molar-refractivity contribution is 0.0691. The Morgan fingerprint density at radius 3 is 2.53 bits per heavy atom. The lowest BCUT2D eigenvalue weighted by atomic mass is 10.1. The van der Waals surface area contributed by atoms with Crippen molar-refractivity contribution in [3.8, 4) is 0 Å². The maximum Gasteiger partial charge on any atom is 0.353 e. The van der Waals surface area contributed by atoms with Gasteiger partial charge in [-0.1, -0.05) is 29.3 Å². The van der Waals surface area contributed by atoms with Crippen LogP contribution in [0.2, 0.25) is 10.0 Å². The standard InChI is InChI=1S/C11H8Cl2N2O2/c12-7-2-1-3-8(13)6(7)4-10-14-5-9(15-10)11(16)17/h1-3,5H,4H2,(H,14,15)(H,16,17). The number of imidazole rings is 1. The van der Waals surface area contributed by atoms with Crippen molar-refractivity contribution in [3.63, 3.8) is 0 Å². The molecule has 4 nitrogen and oxygen atoms in total. The van der Waals surface area contributed by atoms with Crippen LogP contribution in [0, 0.1) is 0 Å². The molecule has 0 unspecified atom stereocenters. The lowest BCUT2D eigenvalue weighted by Gasteiger charge is -2.04. The number of aromatic nitrogens is 2. The van der Waals surface area contributed by atoms with E-state index in [0.717, 1.165) is 5.56 Å². The number of aromatic amines is 1. The molecule has 0 saturated heterocycles. The minimum atomic E-state index is -1.05. The average Bonchev–Trinajstić information content (AvgIpc) is 2.72. The number of benzene rings is 1. The molecular weight excluding hydrogens is 263 g/mol. The van der Waals surface area contributed by atoms with E-state index in [2.05, 4.69) is 9.97 Å². The Hall–Kier alpha value is -1.52. The van der Waals surface area contributed by atoms with Gasteiger partial charge in [-0.15, -0.1) is 0 Å². The molecule has 1 aromatic carbocycles. The van der Waals surface area contributed by atoms with Crippen molar-refractivity contribution in [2.45, 2.75) is 6.42 Å². The number of nitrogens with one attached hydrogen (secondary N) is 1. The van der Waals surface area contributed by atoms with E-state index in [1.165, 1.54) is 6.20 Å². The molecule has 0 radical (unpaired) electrons. The predicted octanol–water partition coefficient (Wildman–Crippen LogP) is 3.01. The highest BCUT2D eigenvalue weighted by molar-refractivity contribution is 6.36. The van der Waals surface area contributed by atoms with Gasteiger partial charge >= 0.3 is 5.97 Å². The van der Waals surface area contributed by atoms with Crippen LogP contribution < -0.4 is 0 Å². The molecule has 2 N–H and O–H groups in total. The third-order valence-corrected chi connectivity index (χ3v) is 2.97. The molecule has 1 aromatic heterocycles. The molecule has 2 aromatic rings. The van der Waals surface area contributed by atoms with Gasteiger partial charge in [0, 0.05) is 16.5 Å². The molecule has 2 rings (SSSR count). The fourth-order valence-electron chi connectivity index (χ4n) is 1.43. The van der Waals surface area contributed by atoms with Crippen LogP contribution in [0.15, 0.2) is 24.4 Å². The van der Waals surface area contributed by atoms with Crippen LogP contribution >= 0.6 is 23.2 Å². The fraction of sp³-hybridized carbons (Fsp3) is 0.0909. The second kappa shape index (κ2) is 4.77. The molecule has 0 atom stereocenters. The summed E-state index contributed by atoms with van der Waals surface area (Å²) in [5.74, 6) is -0.536. The highest BCUT2D eigenvalue weighted by atomic mass is 35.5. The van der Waals surface area contributed by atoms with Crippen LogP contribution in [0.4, 0.5) is 0 Å². The number of hydrogen-bond acceptors (Lipinski definition) is 2. The topological polar surface area (TPSA) is 66.0 Å². The quantitative estimate of drug-likeness (QED) is 0.901. The van der Waals surface area contributed by atoms with Crippen LogP contribution in [0.25, 0.3) is 0 Å². The third kappa shape index (κ3) is 2.60. The Balaban J connectivity index is 2.28. The summed E-state index contributed by atoms with van der Waals surface area (Å²) in [5.41, 5.74) is 0.769. The van der Waals surface area contributed by atoms with Crippen molar-refractivity contribution in [3.05, 3.63) is 51.5 Å². The van der Waals surface area contributed by atoms with E-state index in [1.807, 2.05) is 0 Å². The van der Waals surface area contributed by atoms with Gasteiger partial charge in [0.15, 0.2) is 0 Å². The van der Waals surface area contributed by atoms with Gasteiger partial charge in [0.05, 0.1) is 6.20 Å². The summed E-state index contributed by atoms with van der Waals surface area (Å²) in [6.45, 7) is 0. The minimum absolute atomic E-state index is 0.0446. The van der Waals surface area contributed by atoms with Crippen molar-refractivity contribution in [1.82, 2.24) is 9.97 Å². The second-order valence-electron chi connectivity index (χ2n) is 3.43. The smallest absolute Gasteiger partial charge is 0.353 e. The molecule has 0 bridgehead atoms. The number of H-pyrrole nitrogens is 1. The van der Waals surface area contributed by atoms with Crippen molar-refractivity contribution in [2.75, 3.05) is 0 Å². The number of halogens is 2. The Morgan fingerprint density at radius 1 is 1.35 bits per heavy atom. The maximum atomic E-state index is 10.7. The summed E-state index contributed by atoms with van der Waals surface area (Å²) < 4.78 is 0. The molecule has 88 valence electrons. The molecule has 0 aliphatic heterocycles.